The molecule has 0 saturated carbocycles. The summed E-state index contributed by atoms with van der Waals surface area (Å²) in [5.74, 6) is 0.586. The number of hydrogen-bond acceptors (Lipinski definition) is 5. The highest BCUT2D eigenvalue weighted by molar-refractivity contribution is 6.00. The average molecular weight is 288 g/mol. The molecule has 1 aromatic heterocycles. The van der Waals surface area contributed by atoms with Crippen LogP contribution in [0, 0.1) is 5.92 Å². The minimum Gasteiger partial charge on any atom is -0.465 e. The molecule has 1 heterocycles. The summed E-state index contributed by atoms with van der Waals surface area (Å²) >= 11 is 0. The van der Waals surface area contributed by atoms with Crippen LogP contribution in [0.4, 0.5) is 17.3 Å². The summed E-state index contributed by atoms with van der Waals surface area (Å²) < 4.78 is 6.43. The first kappa shape index (κ1) is 14.9. The summed E-state index contributed by atoms with van der Waals surface area (Å²) in [6, 6.07) is 9.48. The molecule has 0 aliphatic rings. The molecular weight excluding hydrogens is 268 g/mol. The zero-order chi connectivity index (χ0) is 15.4. The van der Waals surface area contributed by atoms with Crippen LogP contribution in [0.1, 0.15) is 24.2 Å². The predicted molar refractivity (Wildman–Crippen MR) is 82.5 cm³/mol. The zero-order valence-corrected chi connectivity index (χ0v) is 12.5. The van der Waals surface area contributed by atoms with Crippen LogP contribution < -0.4 is 11.1 Å². The molecule has 0 amide bonds. The molecule has 6 heteroatoms. The van der Waals surface area contributed by atoms with E-state index in [2.05, 4.69) is 24.3 Å². The molecule has 112 valence electrons. The normalized spacial score (nSPS) is 10.7. The number of rotatable bonds is 5. The Morgan fingerprint density at radius 2 is 2.05 bits per heavy atom. The molecule has 0 atom stereocenters. The molecule has 0 unspecified atom stereocenters. The van der Waals surface area contributed by atoms with Gasteiger partial charge in [-0.15, -0.1) is 0 Å². The quantitative estimate of drug-likeness (QED) is 0.826. The highest BCUT2D eigenvalue weighted by Crippen LogP contribution is 2.26. The van der Waals surface area contributed by atoms with Crippen LogP contribution in [-0.2, 0) is 11.3 Å². The van der Waals surface area contributed by atoms with Crippen molar-refractivity contribution >= 4 is 23.3 Å². The summed E-state index contributed by atoms with van der Waals surface area (Å²) in [5, 5.41) is 7.50. The van der Waals surface area contributed by atoms with E-state index in [1.165, 1.54) is 7.11 Å². The third-order valence-corrected chi connectivity index (χ3v) is 2.96. The van der Waals surface area contributed by atoms with Crippen LogP contribution in [0.25, 0.3) is 0 Å². The number of ether oxygens (including phenoxy) is 1. The smallest absolute Gasteiger partial charge is 0.345 e. The summed E-state index contributed by atoms with van der Waals surface area (Å²) in [6.45, 7) is 4.75. The molecule has 0 spiro atoms. The molecule has 0 aliphatic heterocycles. The molecule has 2 rings (SSSR count). The summed E-state index contributed by atoms with van der Waals surface area (Å²) in [4.78, 5) is 11.9. The van der Waals surface area contributed by atoms with Gasteiger partial charge in [0.25, 0.3) is 0 Å². The van der Waals surface area contributed by atoms with Gasteiger partial charge in [0, 0.05) is 12.2 Å². The fourth-order valence-electron chi connectivity index (χ4n) is 2.01. The van der Waals surface area contributed by atoms with Crippen molar-refractivity contribution in [3.63, 3.8) is 0 Å². The molecule has 1 aromatic carbocycles. The van der Waals surface area contributed by atoms with Crippen molar-refractivity contribution in [2.75, 3.05) is 18.2 Å². The molecule has 6 nitrogen and oxygen atoms in total. The first-order valence-electron chi connectivity index (χ1n) is 6.79. The first-order valence-corrected chi connectivity index (χ1v) is 6.79. The minimum absolute atomic E-state index is 0.266. The van der Waals surface area contributed by atoms with Crippen LogP contribution in [0.2, 0.25) is 0 Å². The average Bonchev–Trinajstić information content (AvgIpc) is 2.75. The molecule has 0 bridgehead atoms. The standard InChI is InChI=1S/C15H20N4O2/c1-10(2)9-19-13(16)12(15(20)21-3)14(18-19)17-11-7-5-4-6-8-11/h4-8,10H,9,16H2,1-3H3,(H,17,18). The maximum absolute atomic E-state index is 11.9. The number of para-hydroxylation sites is 1. The van der Waals surface area contributed by atoms with E-state index < -0.39 is 5.97 Å². The first-order chi connectivity index (χ1) is 10.0. The fourth-order valence-corrected chi connectivity index (χ4v) is 2.01. The highest BCUT2D eigenvalue weighted by Gasteiger charge is 2.23. The number of nitrogens with two attached hydrogens (primary N) is 1. The molecule has 0 saturated heterocycles. The maximum atomic E-state index is 11.9. The Morgan fingerprint density at radius 1 is 1.38 bits per heavy atom. The fraction of sp³-hybridized carbons (Fsp3) is 0.333. The van der Waals surface area contributed by atoms with E-state index in [1.807, 2.05) is 30.3 Å². The van der Waals surface area contributed by atoms with Crippen molar-refractivity contribution in [2.24, 2.45) is 5.92 Å². The minimum atomic E-state index is -0.499. The molecule has 0 fully saturated rings. The van der Waals surface area contributed by atoms with Crippen molar-refractivity contribution < 1.29 is 9.53 Å². The van der Waals surface area contributed by atoms with Crippen LogP contribution in [0.5, 0.6) is 0 Å². The molecule has 0 radical (unpaired) electrons. The lowest BCUT2D eigenvalue weighted by Gasteiger charge is -2.06. The van der Waals surface area contributed by atoms with Gasteiger partial charge < -0.3 is 15.8 Å². The van der Waals surface area contributed by atoms with E-state index >= 15 is 0 Å². The van der Waals surface area contributed by atoms with Crippen LogP contribution in [-0.4, -0.2) is 22.9 Å². The molecule has 0 aliphatic carbocycles. The summed E-state index contributed by atoms with van der Waals surface area (Å²) in [5.41, 5.74) is 7.14. The van der Waals surface area contributed by atoms with E-state index in [0.717, 1.165) is 5.69 Å². The van der Waals surface area contributed by atoms with E-state index in [-0.39, 0.29) is 5.56 Å². The number of nitrogens with zero attached hydrogens (tertiary/aromatic N) is 2. The number of carbonyl (C=O) groups excluding carboxylic acids is 1. The number of nitrogens with one attached hydrogen (secondary N) is 1. The van der Waals surface area contributed by atoms with Gasteiger partial charge in [-0.3, -0.25) is 0 Å². The molecule has 3 N–H and O–H groups in total. The zero-order valence-electron chi connectivity index (χ0n) is 12.5. The largest absolute Gasteiger partial charge is 0.465 e. The van der Waals surface area contributed by atoms with Gasteiger partial charge in [0.1, 0.15) is 11.4 Å². The Balaban J connectivity index is 2.40. The van der Waals surface area contributed by atoms with Gasteiger partial charge in [0.15, 0.2) is 5.82 Å². The van der Waals surface area contributed by atoms with Crippen molar-refractivity contribution in [3.8, 4) is 0 Å². The summed E-state index contributed by atoms with van der Waals surface area (Å²) in [7, 11) is 1.33. The topological polar surface area (TPSA) is 82.2 Å². The maximum Gasteiger partial charge on any atom is 0.345 e. The number of aromatic nitrogens is 2. The second kappa shape index (κ2) is 6.30. The van der Waals surface area contributed by atoms with Gasteiger partial charge in [-0.25, -0.2) is 9.48 Å². The van der Waals surface area contributed by atoms with Crippen LogP contribution in [0.15, 0.2) is 30.3 Å². The van der Waals surface area contributed by atoms with E-state index in [0.29, 0.717) is 24.1 Å². The SMILES string of the molecule is COC(=O)c1c(Nc2ccccc2)nn(CC(C)C)c1N. The van der Waals surface area contributed by atoms with Gasteiger partial charge in [-0.2, -0.15) is 5.10 Å². The number of carbonyl (C=O) groups is 1. The Kier molecular flexibility index (Phi) is 4.47. The number of methoxy groups -OCH3 is 1. The molecule has 2 aromatic rings. The second-order valence-electron chi connectivity index (χ2n) is 5.17. The highest BCUT2D eigenvalue weighted by atomic mass is 16.5. The lowest BCUT2D eigenvalue weighted by atomic mass is 10.2. The summed E-state index contributed by atoms with van der Waals surface area (Å²) in [6.07, 6.45) is 0. The van der Waals surface area contributed by atoms with Crippen molar-refractivity contribution in [1.82, 2.24) is 9.78 Å². The molecular formula is C15H20N4O2. The number of benzene rings is 1. The van der Waals surface area contributed by atoms with Crippen molar-refractivity contribution in [1.29, 1.82) is 0 Å². The predicted octanol–water partition coefficient (Wildman–Crippen LogP) is 2.65. The van der Waals surface area contributed by atoms with E-state index in [1.54, 1.807) is 4.68 Å². The third-order valence-electron chi connectivity index (χ3n) is 2.96. The lowest BCUT2D eigenvalue weighted by molar-refractivity contribution is 0.0603. The number of hydrogen-bond donors (Lipinski definition) is 2. The van der Waals surface area contributed by atoms with Gasteiger partial charge in [0.05, 0.1) is 7.11 Å². The lowest BCUT2D eigenvalue weighted by Crippen LogP contribution is -2.11. The van der Waals surface area contributed by atoms with Gasteiger partial charge in [0.2, 0.25) is 0 Å². The molecule has 21 heavy (non-hydrogen) atoms. The van der Waals surface area contributed by atoms with E-state index in [9.17, 15) is 4.79 Å². The van der Waals surface area contributed by atoms with Gasteiger partial charge >= 0.3 is 5.97 Å². The number of nitrogen functional groups attached to an aromatic ring is 1. The Labute approximate surface area is 123 Å². The Morgan fingerprint density at radius 3 is 2.62 bits per heavy atom. The number of anilines is 3. The Bertz CT molecular complexity index is 620. The number of esters is 1. The van der Waals surface area contributed by atoms with Crippen LogP contribution >= 0.6 is 0 Å². The van der Waals surface area contributed by atoms with Crippen LogP contribution in [0.3, 0.4) is 0 Å². The Hall–Kier alpha value is -2.50. The van der Waals surface area contributed by atoms with Gasteiger partial charge in [-0.1, -0.05) is 32.0 Å². The van der Waals surface area contributed by atoms with Crippen molar-refractivity contribution in [3.05, 3.63) is 35.9 Å². The monoisotopic (exact) mass is 288 g/mol. The third kappa shape index (κ3) is 3.34. The van der Waals surface area contributed by atoms with E-state index in [4.69, 9.17) is 10.5 Å². The van der Waals surface area contributed by atoms with Crippen molar-refractivity contribution in [2.45, 2.75) is 20.4 Å². The second-order valence-corrected chi connectivity index (χ2v) is 5.17. The van der Waals surface area contributed by atoms with Gasteiger partial charge in [-0.05, 0) is 18.1 Å².